The maximum absolute atomic E-state index is 12.4. The van der Waals surface area contributed by atoms with Crippen LogP contribution in [0, 0.1) is 6.92 Å². The van der Waals surface area contributed by atoms with Gasteiger partial charge in [-0.25, -0.2) is 0 Å². The number of piperazine rings is 1. The van der Waals surface area contributed by atoms with Gasteiger partial charge in [0.15, 0.2) is 0 Å². The van der Waals surface area contributed by atoms with Crippen LogP contribution in [0.2, 0.25) is 0 Å². The molecule has 1 aromatic carbocycles. The first-order valence-corrected chi connectivity index (χ1v) is 6.81. The van der Waals surface area contributed by atoms with Gasteiger partial charge >= 0.3 is 0 Å². The van der Waals surface area contributed by atoms with Crippen LogP contribution in [-0.2, 0) is 4.79 Å². The van der Waals surface area contributed by atoms with E-state index < -0.39 is 0 Å². The molecule has 0 spiro atoms. The van der Waals surface area contributed by atoms with Gasteiger partial charge in [-0.1, -0.05) is 18.2 Å². The van der Waals surface area contributed by atoms with Gasteiger partial charge in [0, 0.05) is 24.7 Å². The van der Waals surface area contributed by atoms with Crippen LogP contribution >= 0.6 is 0 Å². The van der Waals surface area contributed by atoms with Crippen LogP contribution in [0.4, 0.5) is 0 Å². The van der Waals surface area contributed by atoms with Crippen LogP contribution in [0.1, 0.15) is 28.8 Å². The number of aryl methyl sites for hydroxylation is 1. The minimum absolute atomic E-state index is 0.0260. The third-order valence-electron chi connectivity index (χ3n) is 3.91. The molecule has 0 N–H and O–H groups in total. The number of hydrogen-bond acceptors (Lipinski definition) is 2. The molecule has 0 bridgehead atoms. The summed E-state index contributed by atoms with van der Waals surface area (Å²) in [6.45, 7) is 3.48. The Balaban J connectivity index is 1.72. The lowest BCUT2D eigenvalue weighted by Crippen LogP contribution is -2.53. The molecule has 1 aliphatic carbocycles. The van der Waals surface area contributed by atoms with Crippen molar-refractivity contribution in [3.63, 3.8) is 0 Å². The fourth-order valence-corrected chi connectivity index (χ4v) is 2.62. The second kappa shape index (κ2) is 4.68. The lowest BCUT2D eigenvalue weighted by molar-refractivity contribution is -0.135. The van der Waals surface area contributed by atoms with Crippen molar-refractivity contribution in [2.24, 2.45) is 0 Å². The van der Waals surface area contributed by atoms with Crippen LogP contribution < -0.4 is 0 Å². The largest absolute Gasteiger partial charge is 0.336 e. The molecule has 19 heavy (non-hydrogen) atoms. The fourth-order valence-electron chi connectivity index (χ4n) is 2.62. The van der Waals surface area contributed by atoms with E-state index in [0.29, 0.717) is 24.7 Å². The quantitative estimate of drug-likeness (QED) is 0.805. The minimum Gasteiger partial charge on any atom is -0.336 e. The number of nitrogens with zero attached hydrogens (tertiary/aromatic N) is 2. The smallest absolute Gasteiger partial charge is 0.254 e. The van der Waals surface area contributed by atoms with Crippen molar-refractivity contribution in [1.82, 2.24) is 9.80 Å². The molecule has 100 valence electrons. The first-order valence-electron chi connectivity index (χ1n) is 6.81. The summed E-state index contributed by atoms with van der Waals surface area (Å²) in [5.74, 6) is 0.0672. The summed E-state index contributed by atoms with van der Waals surface area (Å²) < 4.78 is 0. The van der Waals surface area contributed by atoms with Gasteiger partial charge < -0.3 is 9.80 Å². The molecule has 0 aromatic heterocycles. The summed E-state index contributed by atoms with van der Waals surface area (Å²) in [6, 6.07) is 7.98. The lowest BCUT2D eigenvalue weighted by atomic mass is 10.1. The van der Waals surface area contributed by atoms with Crippen LogP contribution in [0.5, 0.6) is 0 Å². The van der Waals surface area contributed by atoms with Gasteiger partial charge in [0.05, 0.1) is 0 Å². The van der Waals surface area contributed by atoms with Crippen LogP contribution in [0.15, 0.2) is 24.3 Å². The lowest BCUT2D eigenvalue weighted by Gasteiger charge is -2.34. The average Bonchev–Trinajstić information content (AvgIpc) is 3.23. The predicted molar refractivity (Wildman–Crippen MR) is 71.8 cm³/mol. The molecule has 0 radical (unpaired) electrons. The van der Waals surface area contributed by atoms with Crippen molar-refractivity contribution in [2.75, 3.05) is 19.6 Å². The van der Waals surface area contributed by atoms with Crippen molar-refractivity contribution < 1.29 is 9.59 Å². The Morgan fingerprint density at radius 2 is 1.95 bits per heavy atom. The Morgan fingerprint density at radius 3 is 2.58 bits per heavy atom. The Kier molecular flexibility index (Phi) is 3.01. The van der Waals surface area contributed by atoms with E-state index in [-0.39, 0.29) is 18.4 Å². The van der Waals surface area contributed by atoms with Crippen LogP contribution in [0.3, 0.4) is 0 Å². The molecule has 1 aliphatic heterocycles. The zero-order valence-electron chi connectivity index (χ0n) is 11.1. The van der Waals surface area contributed by atoms with Gasteiger partial charge in [-0.15, -0.1) is 0 Å². The second-order valence-electron chi connectivity index (χ2n) is 5.36. The zero-order chi connectivity index (χ0) is 13.4. The van der Waals surface area contributed by atoms with Crippen molar-refractivity contribution in [3.05, 3.63) is 35.4 Å². The third kappa shape index (κ3) is 2.35. The number of carbonyl (C=O) groups is 2. The summed E-state index contributed by atoms with van der Waals surface area (Å²) in [4.78, 5) is 28.1. The molecule has 0 atom stereocenters. The fraction of sp³-hybridized carbons (Fsp3) is 0.467. The summed E-state index contributed by atoms with van der Waals surface area (Å²) in [5, 5.41) is 0. The molecular formula is C15H18N2O2. The van der Waals surface area contributed by atoms with Gasteiger partial charge in [-0.2, -0.15) is 0 Å². The number of hydrogen-bond donors (Lipinski definition) is 0. The van der Waals surface area contributed by atoms with Crippen molar-refractivity contribution in [3.8, 4) is 0 Å². The Bertz CT molecular complexity index is 523. The van der Waals surface area contributed by atoms with E-state index in [9.17, 15) is 9.59 Å². The molecule has 2 fully saturated rings. The van der Waals surface area contributed by atoms with Crippen molar-refractivity contribution >= 4 is 11.8 Å². The Morgan fingerprint density at radius 1 is 1.21 bits per heavy atom. The van der Waals surface area contributed by atoms with E-state index in [0.717, 1.165) is 18.4 Å². The van der Waals surface area contributed by atoms with Gasteiger partial charge in [0.25, 0.3) is 5.91 Å². The first kappa shape index (κ1) is 12.2. The first-order chi connectivity index (χ1) is 9.16. The van der Waals surface area contributed by atoms with E-state index in [1.54, 1.807) is 4.90 Å². The van der Waals surface area contributed by atoms with Crippen LogP contribution in [-0.4, -0.2) is 47.3 Å². The highest BCUT2D eigenvalue weighted by Crippen LogP contribution is 2.28. The maximum Gasteiger partial charge on any atom is 0.254 e. The molecular weight excluding hydrogens is 240 g/mol. The molecule has 2 aliphatic rings. The Hall–Kier alpha value is -1.84. The monoisotopic (exact) mass is 258 g/mol. The standard InChI is InChI=1S/C15H18N2O2/c1-11-4-2-3-5-13(11)15(19)16-8-9-17(12-6-7-12)14(18)10-16/h2-5,12H,6-10H2,1H3. The maximum atomic E-state index is 12.4. The number of carbonyl (C=O) groups excluding carboxylic acids is 2. The van der Waals surface area contributed by atoms with Gasteiger partial charge in [0.2, 0.25) is 5.91 Å². The Labute approximate surface area is 113 Å². The predicted octanol–water partition coefficient (Wildman–Crippen LogP) is 1.44. The van der Waals surface area contributed by atoms with E-state index in [2.05, 4.69) is 0 Å². The number of benzene rings is 1. The summed E-state index contributed by atoms with van der Waals surface area (Å²) >= 11 is 0. The molecule has 2 amide bonds. The normalized spacial score (nSPS) is 19.7. The molecule has 1 aromatic rings. The third-order valence-corrected chi connectivity index (χ3v) is 3.91. The topological polar surface area (TPSA) is 40.6 Å². The molecule has 3 rings (SSSR count). The van der Waals surface area contributed by atoms with Gasteiger partial charge in [-0.3, -0.25) is 9.59 Å². The molecule has 1 saturated carbocycles. The summed E-state index contributed by atoms with van der Waals surface area (Å²) in [7, 11) is 0. The zero-order valence-corrected chi connectivity index (χ0v) is 11.1. The number of rotatable bonds is 2. The molecule has 4 nitrogen and oxygen atoms in total. The van der Waals surface area contributed by atoms with E-state index >= 15 is 0 Å². The molecule has 1 heterocycles. The van der Waals surface area contributed by atoms with Crippen molar-refractivity contribution in [2.45, 2.75) is 25.8 Å². The second-order valence-corrected chi connectivity index (χ2v) is 5.36. The number of amides is 2. The molecule has 0 unspecified atom stereocenters. The molecule has 4 heteroatoms. The van der Waals surface area contributed by atoms with E-state index in [1.165, 1.54) is 0 Å². The average molecular weight is 258 g/mol. The van der Waals surface area contributed by atoms with Crippen molar-refractivity contribution in [1.29, 1.82) is 0 Å². The molecule has 1 saturated heterocycles. The summed E-state index contributed by atoms with van der Waals surface area (Å²) in [5.41, 5.74) is 1.67. The highest BCUT2D eigenvalue weighted by atomic mass is 16.2. The van der Waals surface area contributed by atoms with E-state index in [4.69, 9.17) is 0 Å². The SMILES string of the molecule is Cc1ccccc1C(=O)N1CCN(C2CC2)C(=O)C1. The van der Waals surface area contributed by atoms with Gasteiger partial charge in [-0.05, 0) is 31.4 Å². The summed E-state index contributed by atoms with van der Waals surface area (Å²) in [6.07, 6.45) is 2.24. The van der Waals surface area contributed by atoms with E-state index in [1.807, 2.05) is 36.1 Å². The van der Waals surface area contributed by atoms with Crippen LogP contribution in [0.25, 0.3) is 0 Å². The van der Waals surface area contributed by atoms with Gasteiger partial charge in [0.1, 0.15) is 6.54 Å². The highest BCUT2D eigenvalue weighted by molar-refractivity contribution is 5.98. The minimum atomic E-state index is -0.0260. The highest BCUT2D eigenvalue weighted by Gasteiger charge is 2.36.